The van der Waals surface area contributed by atoms with E-state index in [1.165, 1.54) is 0 Å². The summed E-state index contributed by atoms with van der Waals surface area (Å²) in [5.74, 6) is -0.175. The second-order valence-electron chi connectivity index (χ2n) is 9.97. The zero-order chi connectivity index (χ0) is 26.8. The van der Waals surface area contributed by atoms with Crippen molar-refractivity contribution in [3.63, 3.8) is 0 Å². The van der Waals surface area contributed by atoms with Crippen molar-refractivity contribution in [2.24, 2.45) is 0 Å². The smallest absolute Gasteiger partial charge is 0.305 e. The van der Waals surface area contributed by atoms with E-state index >= 15 is 0 Å². The fourth-order valence-corrected chi connectivity index (χ4v) is 5.37. The van der Waals surface area contributed by atoms with Crippen molar-refractivity contribution < 1.29 is 19.4 Å². The van der Waals surface area contributed by atoms with Crippen molar-refractivity contribution in [3.05, 3.63) is 71.9 Å². The van der Waals surface area contributed by atoms with Crippen LogP contribution in [0.25, 0.3) is 10.9 Å². The average Bonchev–Trinajstić information content (AvgIpc) is 3.57. The molecule has 0 saturated carbocycles. The van der Waals surface area contributed by atoms with Gasteiger partial charge in [0.05, 0.1) is 54.0 Å². The van der Waals surface area contributed by atoms with Crippen molar-refractivity contribution in [2.45, 2.75) is 44.6 Å². The molecule has 0 spiro atoms. The van der Waals surface area contributed by atoms with E-state index in [1.807, 2.05) is 30.3 Å². The molecule has 1 aromatic carbocycles. The molecule has 10 heteroatoms. The molecule has 5 heterocycles. The monoisotopic (exact) mass is 526 g/mol. The molecule has 1 atom stereocenters. The molecule has 2 aliphatic rings. The number of aryl methyl sites for hydroxylation is 1. The molecule has 2 aliphatic heterocycles. The summed E-state index contributed by atoms with van der Waals surface area (Å²) in [5, 5.41) is 18.5. The molecule has 39 heavy (non-hydrogen) atoms. The Morgan fingerprint density at radius 3 is 2.87 bits per heavy atom. The first-order valence-electron chi connectivity index (χ1n) is 13.3. The van der Waals surface area contributed by atoms with E-state index in [2.05, 4.69) is 21.5 Å². The predicted molar refractivity (Wildman–Crippen MR) is 146 cm³/mol. The molecule has 10 nitrogen and oxygen atoms in total. The van der Waals surface area contributed by atoms with Crippen LogP contribution in [0.5, 0.6) is 5.75 Å². The number of carboxylic acids is 1. The van der Waals surface area contributed by atoms with Gasteiger partial charge < -0.3 is 20.1 Å². The number of amides is 1. The maximum atomic E-state index is 12.3. The lowest BCUT2D eigenvalue weighted by Gasteiger charge is -2.20. The van der Waals surface area contributed by atoms with Crippen LogP contribution in [0.3, 0.4) is 0 Å². The number of pyridine rings is 2. The molecule has 0 bridgehead atoms. The maximum absolute atomic E-state index is 12.3. The number of anilines is 2. The third-order valence-corrected chi connectivity index (χ3v) is 7.31. The van der Waals surface area contributed by atoms with Crippen molar-refractivity contribution in [1.82, 2.24) is 19.7 Å². The van der Waals surface area contributed by atoms with Gasteiger partial charge in [-0.1, -0.05) is 0 Å². The second kappa shape index (κ2) is 10.7. The SMILES string of the molecule is O=C(O)C[C@H](c1cncc(N2CCCC2=O)c1)n1ncc2cc(OCCc3ccc4c(n3)CCCN4)ccc21. The topological polar surface area (TPSA) is 122 Å². The lowest BCUT2D eigenvalue weighted by atomic mass is 10.0. The highest BCUT2D eigenvalue weighted by atomic mass is 16.5. The highest BCUT2D eigenvalue weighted by molar-refractivity contribution is 5.95. The number of carbonyl (C=O) groups is 2. The van der Waals surface area contributed by atoms with Gasteiger partial charge in [0.15, 0.2) is 0 Å². The molecule has 1 fully saturated rings. The molecule has 0 radical (unpaired) electrons. The Kier molecular flexibility index (Phi) is 6.83. The minimum Gasteiger partial charge on any atom is -0.493 e. The lowest BCUT2D eigenvalue weighted by Crippen LogP contribution is -2.24. The summed E-state index contributed by atoms with van der Waals surface area (Å²) < 4.78 is 7.74. The minimum atomic E-state index is -0.946. The predicted octanol–water partition coefficient (Wildman–Crippen LogP) is 4.00. The molecule has 1 saturated heterocycles. The van der Waals surface area contributed by atoms with Crippen LogP contribution in [0.4, 0.5) is 11.4 Å². The largest absolute Gasteiger partial charge is 0.493 e. The van der Waals surface area contributed by atoms with Crippen molar-refractivity contribution in [2.75, 3.05) is 29.9 Å². The van der Waals surface area contributed by atoms with Crippen LogP contribution in [0.15, 0.2) is 55.0 Å². The Labute approximate surface area is 225 Å². The van der Waals surface area contributed by atoms with Crippen molar-refractivity contribution in [3.8, 4) is 5.75 Å². The number of nitrogens with zero attached hydrogens (tertiary/aromatic N) is 5. The molecular formula is C29H30N6O4. The molecule has 0 aliphatic carbocycles. The van der Waals surface area contributed by atoms with E-state index in [0.29, 0.717) is 43.0 Å². The number of hydrogen-bond acceptors (Lipinski definition) is 7. The van der Waals surface area contributed by atoms with Crippen LogP contribution in [-0.2, 0) is 22.4 Å². The van der Waals surface area contributed by atoms with Crippen molar-refractivity contribution in [1.29, 1.82) is 0 Å². The first kappa shape index (κ1) is 24.8. The van der Waals surface area contributed by atoms with Gasteiger partial charge in [0, 0.05) is 43.2 Å². The van der Waals surface area contributed by atoms with Gasteiger partial charge in [-0.15, -0.1) is 0 Å². The summed E-state index contributed by atoms with van der Waals surface area (Å²) in [4.78, 5) is 34.9. The van der Waals surface area contributed by atoms with Crippen LogP contribution < -0.4 is 15.0 Å². The van der Waals surface area contributed by atoms with E-state index in [0.717, 1.165) is 53.8 Å². The zero-order valence-corrected chi connectivity index (χ0v) is 21.5. The third kappa shape index (κ3) is 5.27. The van der Waals surface area contributed by atoms with Gasteiger partial charge in [0.1, 0.15) is 5.75 Å². The molecular weight excluding hydrogens is 496 g/mol. The van der Waals surface area contributed by atoms with Gasteiger partial charge in [0.2, 0.25) is 5.91 Å². The van der Waals surface area contributed by atoms with Gasteiger partial charge in [0.25, 0.3) is 0 Å². The Hall–Kier alpha value is -4.47. The summed E-state index contributed by atoms with van der Waals surface area (Å²) in [7, 11) is 0. The van der Waals surface area contributed by atoms with Crippen LogP contribution in [0.2, 0.25) is 0 Å². The van der Waals surface area contributed by atoms with E-state index in [1.54, 1.807) is 28.2 Å². The van der Waals surface area contributed by atoms with Gasteiger partial charge in [-0.25, -0.2) is 0 Å². The fraction of sp³-hybridized carbons (Fsp3) is 0.345. The van der Waals surface area contributed by atoms with Crippen molar-refractivity contribution >= 4 is 34.2 Å². The fourth-order valence-electron chi connectivity index (χ4n) is 5.37. The Balaban J connectivity index is 1.19. The van der Waals surface area contributed by atoms with E-state index < -0.39 is 12.0 Å². The number of fused-ring (bicyclic) bond motifs is 2. The number of hydrogen-bond donors (Lipinski definition) is 2. The number of aliphatic carboxylic acids is 1. The van der Waals surface area contributed by atoms with E-state index in [9.17, 15) is 14.7 Å². The summed E-state index contributed by atoms with van der Waals surface area (Å²) in [5.41, 5.74) is 5.42. The Bertz CT molecular complexity index is 1530. The number of carboxylic acid groups (broad SMARTS) is 1. The maximum Gasteiger partial charge on any atom is 0.305 e. The van der Waals surface area contributed by atoms with E-state index in [-0.39, 0.29) is 12.3 Å². The standard InChI is InChI=1S/C29H30N6O4/c36-28-4-2-11-34(28)22-13-19(16-30-18-22)27(15-29(37)38)35-26-8-6-23(14-20(26)17-32-35)39-12-9-21-5-7-24-25(33-21)3-1-10-31-24/h5-8,13-14,16-18,27,31H,1-4,9-12,15H2,(H,37,38)/t27-/m1/s1. The highest BCUT2D eigenvalue weighted by Gasteiger charge is 2.25. The first-order chi connectivity index (χ1) is 19.0. The van der Waals surface area contributed by atoms with Crippen LogP contribution in [0.1, 0.15) is 48.7 Å². The first-order valence-corrected chi connectivity index (χ1v) is 13.3. The Morgan fingerprint density at radius 1 is 1.10 bits per heavy atom. The quantitative estimate of drug-likeness (QED) is 0.336. The summed E-state index contributed by atoms with van der Waals surface area (Å²) in [6, 6.07) is 11.1. The number of benzene rings is 1. The molecule has 4 aromatic rings. The Morgan fingerprint density at radius 2 is 2.03 bits per heavy atom. The number of rotatable bonds is 9. The lowest BCUT2D eigenvalue weighted by molar-refractivity contribution is -0.137. The van der Waals surface area contributed by atoms with Gasteiger partial charge >= 0.3 is 5.97 Å². The molecule has 0 unspecified atom stereocenters. The average molecular weight is 527 g/mol. The zero-order valence-electron chi connectivity index (χ0n) is 21.5. The summed E-state index contributed by atoms with van der Waals surface area (Å²) >= 11 is 0. The van der Waals surface area contributed by atoms with Gasteiger partial charge in [-0.3, -0.25) is 24.2 Å². The number of nitrogens with one attached hydrogen (secondary N) is 1. The number of ether oxygens (including phenoxy) is 1. The van der Waals surface area contributed by atoms with Gasteiger partial charge in [-0.05, 0) is 61.2 Å². The number of carbonyl (C=O) groups excluding carboxylic acids is 1. The summed E-state index contributed by atoms with van der Waals surface area (Å²) in [6.07, 6.45) is 8.95. The molecule has 1 amide bonds. The van der Waals surface area contributed by atoms with Crippen LogP contribution in [0, 0.1) is 0 Å². The van der Waals surface area contributed by atoms with Crippen LogP contribution >= 0.6 is 0 Å². The molecule has 2 N–H and O–H groups in total. The molecule has 200 valence electrons. The highest BCUT2D eigenvalue weighted by Crippen LogP contribution is 2.31. The van der Waals surface area contributed by atoms with E-state index in [4.69, 9.17) is 9.72 Å². The summed E-state index contributed by atoms with van der Waals surface area (Å²) in [6.45, 7) is 2.13. The molecule has 3 aromatic heterocycles. The normalized spacial score (nSPS) is 15.7. The molecule has 6 rings (SSSR count). The third-order valence-electron chi connectivity index (χ3n) is 7.31. The van der Waals surface area contributed by atoms with Gasteiger partial charge in [-0.2, -0.15) is 5.10 Å². The number of aromatic nitrogens is 4. The van der Waals surface area contributed by atoms with Crippen LogP contribution in [-0.4, -0.2) is 56.4 Å². The minimum absolute atomic E-state index is 0.0558. The second-order valence-corrected chi connectivity index (χ2v) is 9.97.